The van der Waals surface area contributed by atoms with Gasteiger partial charge in [-0.3, -0.25) is 9.59 Å². The Hall–Kier alpha value is -2.82. The summed E-state index contributed by atoms with van der Waals surface area (Å²) in [5.41, 5.74) is 2.14. The van der Waals surface area contributed by atoms with Crippen molar-refractivity contribution in [2.45, 2.75) is 26.7 Å². The molecule has 5 nitrogen and oxygen atoms in total. The molecule has 2 amide bonds. The quantitative estimate of drug-likeness (QED) is 0.766. The van der Waals surface area contributed by atoms with Crippen molar-refractivity contribution >= 4 is 17.5 Å². The average molecular weight is 368 g/mol. The number of nitrogens with one attached hydrogen (secondary N) is 1. The SMILES string of the molecule is CC(C)CCOc1cccc(C(=O)Nc2ccc(CC(=O)N(C)C)cc2)c1. The van der Waals surface area contributed by atoms with Crippen LogP contribution in [0.4, 0.5) is 5.69 Å². The van der Waals surface area contributed by atoms with Crippen molar-refractivity contribution in [3.05, 3.63) is 59.7 Å². The third-order valence-electron chi connectivity index (χ3n) is 4.13. The summed E-state index contributed by atoms with van der Waals surface area (Å²) in [6.07, 6.45) is 1.32. The summed E-state index contributed by atoms with van der Waals surface area (Å²) < 4.78 is 5.71. The van der Waals surface area contributed by atoms with E-state index >= 15 is 0 Å². The number of anilines is 1. The third-order valence-corrected chi connectivity index (χ3v) is 4.13. The molecule has 0 aliphatic heterocycles. The van der Waals surface area contributed by atoms with Crippen molar-refractivity contribution in [1.29, 1.82) is 0 Å². The number of likely N-dealkylation sites (N-methyl/N-ethyl adjacent to an activating group) is 1. The Morgan fingerprint density at radius 1 is 1.07 bits per heavy atom. The Morgan fingerprint density at radius 2 is 1.78 bits per heavy atom. The lowest BCUT2D eigenvalue weighted by Crippen LogP contribution is -2.23. The van der Waals surface area contributed by atoms with E-state index in [1.807, 2.05) is 24.3 Å². The van der Waals surface area contributed by atoms with E-state index in [1.165, 1.54) is 0 Å². The second-order valence-corrected chi connectivity index (χ2v) is 7.17. The van der Waals surface area contributed by atoms with Gasteiger partial charge in [0.1, 0.15) is 5.75 Å². The van der Waals surface area contributed by atoms with Crippen LogP contribution in [-0.4, -0.2) is 37.4 Å². The number of rotatable bonds is 8. The van der Waals surface area contributed by atoms with E-state index in [0.717, 1.165) is 12.0 Å². The van der Waals surface area contributed by atoms with E-state index in [2.05, 4.69) is 19.2 Å². The smallest absolute Gasteiger partial charge is 0.255 e. The first-order valence-electron chi connectivity index (χ1n) is 9.18. The molecule has 0 unspecified atom stereocenters. The number of hydrogen-bond donors (Lipinski definition) is 1. The van der Waals surface area contributed by atoms with Gasteiger partial charge in [0.2, 0.25) is 5.91 Å². The minimum absolute atomic E-state index is 0.0427. The highest BCUT2D eigenvalue weighted by atomic mass is 16.5. The fourth-order valence-corrected chi connectivity index (χ4v) is 2.38. The second kappa shape index (κ2) is 9.76. The molecule has 2 rings (SSSR count). The molecule has 144 valence electrons. The maximum atomic E-state index is 12.5. The molecule has 0 atom stereocenters. The fourth-order valence-electron chi connectivity index (χ4n) is 2.38. The van der Waals surface area contributed by atoms with Gasteiger partial charge in [-0.2, -0.15) is 0 Å². The first kappa shape index (κ1) is 20.5. The minimum atomic E-state index is -0.193. The van der Waals surface area contributed by atoms with Crippen molar-refractivity contribution < 1.29 is 14.3 Å². The van der Waals surface area contributed by atoms with Gasteiger partial charge in [0.05, 0.1) is 13.0 Å². The number of carbonyl (C=O) groups excluding carboxylic acids is 2. The Labute approximate surface area is 161 Å². The van der Waals surface area contributed by atoms with Crippen molar-refractivity contribution in [1.82, 2.24) is 4.90 Å². The monoisotopic (exact) mass is 368 g/mol. The number of benzene rings is 2. The number of amides is 2. The van der Waals surface area contributed by atoms with Crippen LogP contribution < -0.4 is 10.1 Å². The van der Waals surface area contributed by atoms with Gasteiger partial charge >= 0.3 is 0 Å². The van der Waals surface area contributed by atoms with Gasteiger partial charge in [-0.25, -0.2) is 0 Å². The van der Waals surface area contributed by atoms with Crippen LogP contribution in [0.1, 0.15) is 36.2 Å². The van der Waals surface area contributed by atoms with Gasteiger partial charge in [0.25, 0.3) is 5.91 Å². The molecule has 0 aliphatic carbocycles. The summed E-state index contributed by atoms with van der Waals surface area (Å²) in [5.74, 6) is 1.12. The number of ether oxygens (including phenoxy) is 1. The molecule has 0 heterocycles. The highest BCUT2D eigenvalue weighted by Crippen LogP contribution is 2.17. The van der Waals surface area contributed by atoms with Gasteiger partial charge < -0.3 is 15.0 Å². The van der Waals surface area contributed by atoms with E-state index in [-0.39, 0.29) is 11.8 Å². The summed E-state index contributed by atoms with van der Waals surface area (Å²) in [6.45, 7) is 4.93. The highest BCUT2D eigenvalue weighted by Gasteiger charge is 2.09. The minimum Gasteiger partial charge on any atom is -0.494 e. The number of nitrogens with zero attached hydrogens (tertiary/aromatic N) is 1. The van der Waals surface area contributed by atoms with Crippen LogP contribution in [0.15, 0.2) is 48.5 Å². The van der Waals surface area contributed by atoms with E-state index in [9.17, 15) is 9.59 Å². The van der Waals surface area contributed by atoms with E-state index < -0.39 is 0 Å². The zero-order valence-electron chi connectivity index (χ0n) is 16.5. The topological polar surface area (TPSA) is 58.6 Å². The lowest BCUT2D eigenvalue weighted by Gasteiger charge is -2.11. The molecule has 1 N–H and O–H groups in total. The average Bonchev–Trinajstić information content (AvgIpc) is 2.63. The van der Waals surface area contributed by atoms with Crippen LogP contribution in [0.5, 0.6) is 5.75 Å². The van der Waals surface area contributed by atoms with E-state index in [4.69, 9.17) is 4.74 Å². The zero-order chi connectivity index (χ0) is 19.8. The lowest BCUT2D eigenvalue weighted by atomic mass is 10.1. The molecule has 0 aromatic heterocycles. The lowest BCUT2D eigenvalue weighted by molar-refractivity contribution is -0.127. The van der Waals surface area contributed by atoms with Crippen molar-refractivity contribution in [3.8, 4) is 5.75 Å². The van der Waals surface area contributed by atoms with Gasteiger partial charge in [0.15, 0.2) is 0 Å². The Balaban J connectivity index is 1.95. The summed E-state index contributed by atoms with van der Waals surface area (Å²) in [6, 6.07) is 14.5. The van der Waals surface area contributed by atoms with Crippen molar-refractivity contribution in [3.63, 3.8) is 0 Å². The molecule has 27 heavy (non-hydrogen) atoms. The molecule has 0 saturated carbocycles. The first-order chi connectivity index (χ1) is 12.8. The van der Waals surface area contributed by atoms with Gasteiger partial charge in [-0.15, -0.1) is 0 Å². The molecule has 0 bridgehead atoms. The highest BCUT2D eigenvalue weighted by molar-refractivity contribution is 6.04. The van der Waals surface area contributed by atoms with Crippen LogP contribution >= 0.6 is 0 Å². The van der Waals surface area contributed by atoms with E-state index in [0.29, 0.717) is 35.9 Å². The second-order valence-electron chi connectivity index (χ2n) is 7.17. The Morgan fingerprint density at radius 3 is 2.41 bits per heavy atom. The molecule has 0 saturated heterocycles. The Kier molecular flexibility index (Phi) is 7.41. The van der Waals surface area contributed by atoms with Crippen LogP contribution in [0, 0.1) is 5.92 Å². The zero-order valence-corrected chi connectivity index (χ0v) is 16.5. The first-order valence-corrected chi connectivity index (χ1v) is 9.18. The van der Waals surface area contributed by atoms with Crippen LogP contribution in [0.25, 0.3) is 0 Å². The molecular weight excluding hydrogens is 340 g/mol. The predicted molar refractivity (Wildman–Crippen MR) is 108 cm³/mol. The molecule has 5 heteroatoms. The normalized spacial score (nSPS) is 10.6. The summed E-state index contributed by atoms with van der Waals surface area (Å²) in [5, 5.41) is 2.87. The summed E-state index contributed by atoms with van der Waals surface area (Å²) in [7, 11) is 3.47. The Bertz CT molecular complexity index is 767. The summed E-state index contributed by atoms with van der Waals surface area (Å²) >= 11 is 0. The molecule has 0 fully saturated rings. The van der Waals surface area contributed by atoms with Crippen LogP contribution in [0.2, 0.25) is 0 Å². The van der Waals surface area contributed by atoms with Crippen LogP contribution in [-0.2, 0) is 11.2 Å². The maximum absolute atomic E-state index is 12.5. The third kappa shape index (κ3) is 6.77. The standard InChI is InChI=1S/C22H28N2O3/c1-16(2)12-13-27-20-7-5-6-18(15-20)22(26)23-19-10-8-17(9-11-19)14-21(25)24(3)4/h5-11,15-16H,12-14H2,1-4H3,(H,23,26). The molecule has 2 aromatic carbocycles. The van der Waals surface area contributed by atoms with Gasteiger partial charge in [0, 0.05) is 25.3 Å². The van der Waals surface area contributed by atoms with Gasteiger partial charge in [-0.1, -0.05) is 32.0 Å². The van der Waals surface area contributed by atoms with Gasteiger partial charge in [-0.05, 0) is 48.2 Å². The summed E-state index contributed by atoms with van der Waals surface area (Å²) in [4.78, 5) is 25.8. The number of carbonyl (C=O) groups is 2. The molecule has 0 radical (unpaired) electrons. The fraction of sp³-hybridized carbons (Fsp3) is 0.364. The molecule has 0 spiro atoms. The van der Waals surface area contributed by atoms with Crippen molar-refractivity contribution in [2.75, 3.05) is 26.0 Å². The largest absolute Gasteiger partial charge is 0.494 e. The molecule has 0 aliphatic rings. The molecule has 2 aromatic rings. The molecular formula is C22H28N2O3. The predicted octanol–water partition coefficient (Wildman–Crippen LogP) is 3.99. The van der Waals surface area contributed by atoms with Crippen molar-refractivity contribution in [2.24, 2.45) is 5.92 Å². The van der Waals surface area contributed by atoms with E-state index in [1.54, 1.807) is 43.3 Å². The maximum Gasteiger partial charge on any atom is 0.255 e. The number of hydrogen-bond acceptors (Lipinski definition) is 3. The van der Waals surface area contributed by atoms with Crippen LogP contribution in [0.3, 0.4) is 0 Å².